The molecular formula is C42H74N10O13. The summed E-state index contributed by atoms with van der Waals surface area (Å²) in [7, 11) is 0. The molecule has 10 atom stereocenters. The molecule has 0 spiro atoms. The number of nitrogens with zero attached hydrogens (tertiary/aromatic N) is 1. The molecule has 1 aliphatic heterocycles. The third-order valence-electron chi connectivity index (χ3n) is 11.2. The van der Waals surface area contributed by atoms with Crippen molar-refractivity contribution in [2.24, 2.45) is 35.1 Å². The molecule has 1 aliphatic rings. The molecule has 0 bridgehead atoms. The molecule has 0 radical (unpaired) electrons. The minimum atomic E-state index is -1.75. The number of carbonyl (C=O) groups excluding carboxylic acids is 8. The van der Waals surface area contributed by atoms with Crippen LogP contribution in [0.3, 0.4) is 0 Å². The van der Waals surface area contributed by atoms with Crippen molar-refractivity contribution in [2.45, 2.75) is 162 Å². The summed E-state index contributed by atoms with van der Waals surface area (Å²) in [5.41, 5.74) is 11.4. The minimum absolute atomic E-state index is 0.0186. The lowest BCUT2D eigenvalue weighted by molar-refractivity contribution is -0.145. The molecule has 14 N–H and O–H groups in total. The van der Waals surface area contributed by atoms with Crippen molar-refractivity contribution in [3.63, 3.8) is 0 Å². The van der Waals surface area contributed by atoms with Gasteiger partial charge in [-0.1, -0.05) is 61.8 Å². The number of amides is 8. The van der Waals surface area contributed by atoms with Gasteiger partial charge in [-0.25, -0.2) is 4.79 Å². The van der Waals surface area contributed by atoms with Crippen LogP contribution in [0, 0.1) is 23.7 Å². The van der Waals surface area contributed by atoms with E-state index in [1.807, 2.05) is 0 Å². The van der Waals surface area contributed by atoms with Crippen molar-refractivity contribution >= 4 is 59.2 Å². The van der Waals surface area contributed by atoms with E-state index in [4.69, 9.17) is 11.5 Å². The lowest BCUT2D eigenvalue weighted by Gasteiger charge is -2.32. The largest absolute Gasteiger partial charge is 0.481 e. The Balaban J connectivity index is 3.34. The molecule has 8 amide bonds. The molecule has 1 fully saturated rings. The summed E-state index contributed by atoms with van der Waals surface area (Å²) in [6.45, 7) is 14.0. The molecule has 0 aromatic heterocycles. The summed E-state index contributed by atoms with van der Waals surface area (Å²) in [6, 6.07) is -11.6. The quantitative estimate of drug-likeness (QED) is 0.0359. The van der Waals surface area contributed by atoms with Crippen LogP contribution in [0.1, 0.15) is 107 Å². The maximum atomic E-state index is 14.1. The first kappa shape index (κ1) is 57.6. The number of aliphatic hydroxyl groups excluding tert-OH is 1. The summed E-state index contributed by atoms with van der Waals surface area (Å²) in [5.74, 6) is -11.4. The minimum Gasteiger partial charge on any atom is -0.481 e. The molecule has 65 heavy (non-hydrogen) atoms. The van der Waals surface area contributed by atoms with Crippen LogP contribution in [0.4, 0.5) is 0 Å². The first-order chi connectivity index (χ1) is 30.3. The highest BCUT2D eigenvalue weighted by atomic mass is 16.4. The Bertz CT molecular complexity index is 1680. The molecule has 0 aliphatic carbocycles. The molecule has 0 aromatic carbocycles. The average molecular weight is 927 g/mol. The molecular weight excluding hydrogens is 853 g/mol. The van der Waals surface area contributed by atoms with Gasteiger partial charge < -0.3 is 68.9 Å². The van der Waals surface area contributed by atoms with Crippen LogP contribution in [-0.2, 0) is 47.9 Å². The van der Waals surface area contributed by atoms with Crippen molar-refractivity contribution in [1.82, 2.24) is 42.1 Å². The molecule has 0 unspecified atom stereocenters. The third kappa shape index (κ3) is 18.2. The zero-order chi connectivity index (χ0) is 49.9. The zero-order valence-corrected chi connectivity index (χ0v) is 39.1. The van der Waals surface area contributed by atoms with Gasteiger partial charge in [0.15, 0.2) is 0 Å². The number of aliphatic hydroxyl groups is 1. The number of carboxylic acids is 2. The number of likely N-dealkylation sites (tertiary alicyclic amines) is 1. The maximum absolute atomic E-state index is 14.1. The van der Waals surface area contributed by atoms with E-state index in [9.17, 15) is 63.3 Å². The van der Waals surface area contributed by atoms with Crippen molar-refractivity contribution in [3.05, 3.63) is 0 Å². The van der Waals surface area contributed by atoms with Crippen LogP contribution in [0.2, 0.25) is 0 Å². The predicted molar refractivity (Wildman–Crippen MR) is 236 cm³/mol. The second-order valence-corrected chi connectivity index (χ2v) is 17.6. The summed E-state index contributed by atoms with van der Waals surface area (Å²) >= 11 is 0. The highest BCUT2D eigenvalue weighted by Crippen LogP contribution is 2.21. The topological polar surface area (TPSA) is 371 Å². The Hall–Kier alpha value is -5.42. The zero-order valence-electron chi connectivity index (χ0n) is 39.1. The summed E-state index contributed by atoms with van der Waals surface area (Å²) < 4.78 is 0. The Morgan fingerprint density at radius 2 is 1.11 bits per heavy atom. The summed E-state index contributed by atoms with van der Waals surface area (Å²) in [5, 5.41) is 46.6. The number of unbranched alkanes of at least 4 members (excludes halogenated alkanes) is 1. The van der Waals surface area contributed by atoms with Crippen molar-refractivity contribution in [3.8, 4) is 0 Å². The molecule has 23 nitrogen and oxygen atoms in total. The van der Waals surface area contributed by atoms with Crippen LogP contribution < -0.4 is 48.7 Å². The normalized spacial score (nSPS) is 17.9. The number of hydrogen-bond acceptors (Lipinski definition) is 13. The smallest absolute Gasteiger partial charge is 0.326 e. The number of carboxylic acid groups (broad SMARTS) is 2. The molecule has 1 heterocycles. The van der Waals surface area contributed by atoms with E-state index in [1.165, 1.54) is 11.8 Å². The van der Waals surface area contributed by atoms with Crippen molar-refractivity contribution in [1.29, 1.82) is 0 Å². The fourth-order valence-corrected chi connectivity index (χ4v) is 6.92. The van der Waals surface area contributed by atoms with Crippen molar-refractivity contribution in [2.75, 3.05) is 19.7 Å². The molecule has 1 saturated heterocycles. The number of aliphatic carboxylic acids is 2. The highest BCUT2D eigenvalue weighted by Gasteiger charge is 2.41. The highest BCUT2D eigenvalue weighted by molar-refractivity contribution is 5.99. The molecule has 370 valence electrons. The Kier molecular flexibility index (Phi) is 24.6. The Morgan fingerprint density at radius 3 is 1.60 bits per heavy atom. The van der Waals surface area contributed by atoms with Gasteiger partial charge in [0.2, 0.25) is 47.3 Å². The van der Waals surface area contributed by atoms with Gasteiger partial charge in [-0.05, 0) is 69.2 Å². The Labute approximate surface area is 380 Å². The maximum Gasteiger partial charge on any atom is 0.326 e. The van der Waals surface area contributed by atoms with Gasteiger partial charge in [-0.3, -0.25) is 43.2 Å². The fraction of sp³-hybridized carbons (Fsp3) is 0.762. The van der Waals surface area contributed by atoms with Gasteiger partial charge in [-0.2, -0.15) is 0 Å². The fourth-order valence-electron chi connectivity index (χ4n) is 6.92. The van der Waals surface area contributed by atoms with Crippen LogP contribution in [0.25, 0.3) is 0 Å². The monoisotopic (exact) mass is 927 g/mol. The number of nitrogens with one attached hydrogen (secondary N) is 7. The standard InChI is InChI=1S/C42H74N10O13/c1-10-23(8)33(51-34(56)24(9)44)40(62)48-30(20(2)3)39(61)46-26(18-29(54)55)36(58)45-25(14-11-12-16-43)35(57)49-31(21(4)5)41(63)52-17-13-15-28(52)38(60)47-27(19-53)37(59)50-32(22(6)7)42(64)65/h20-28,30-33,53H,10-19,43-44H2,1-9H3,(H,45,58)(H,46,61)(H,47,60)(H,48,62)(H,49,57)(H,50,59)(H,51,56)(H,54,55)(H,64,65)/t23-,24-,25-,26-,27-,28-,30-,31-,32-,33-/m0/s1. The Morgan fingerprint density at radius 1 is 0.615 bits per heavy atom. The van der Waals surface area contributed by atoms with E-state index >= 15 is 0 Å². The lowest BCUT2D eigenvalue weighted by atomic mass is 9.96. The summed E-state index contributed by atoms with van der Waals surface area (Å²) in [4.78, 5) is 133. The number of hydrogen-bond donors (Lipinski definition) is 12. The number of carbonyl (C=O) groups is 10. The SMILES string of the molecule is CC[C@H](C)[C@H](NC(=O)[C@H](C)N)C(=O)N[C@H](C(=O)N[C@@H](CC(=O)O)C(=O)N[C@@H](CCCCN)C(=O)N[C@H](C(=O)N1CCC[C@H]1C(=O)N[C@@H](CO)C(=O)N[C@H](C(=O)O)C(C)C)C(C)C)C(C)C. The van der Waals surface area contributed by atoms with E-state index in [0.29, 0.717) is 25.7 Å². The number of rotatable bonds is 28. The second kappa shape index (κ2) is 27.8. The molecule has 0 aromatic rings. The van der Waals surface area contributed by atoms with Gasteiger partial charge >= 0.3 is 11.9 Å². The van der Waals surface area contributed by atoms with Crippen molar-refractivity contribution < 1.29 is 63.3 Å². The predicted octanol–water partition coefficient (Wildman–Crippen LogP) is -2.59. The van der Waals surface area contributed by atoms with Gasteiger partial charge in [0.05, 0.1) is 19.1 Å². The van der Waals surface area contributed by atoms with E-state index in [-0.39, 0.29) is 31.8 Å². The number of nitrogens with two attached hydrogens (primary N) is 2. The van der Waals surface area contributed by atoms with E-state index < -0.39 is 144 Å². The van der Waals surface area contributed by atoms with Gasteiger partial charge in [0.25, 0.3) is 0 Å². The van der Waals surface area contributed by atoms with E-state index in [2.05, 4.69) is 37.2 Å². The van der Waals surface area contributed by atoms with Crippen LogP contribution >= 0.6 is 0 Å². The van der Waals surface area contributed by atoms with Crippen LogP contribution in [-0.4, -0.2) is 153 Å². The van der Waals surface area contributed by atoms with Crippen LogP contribution in [0.5, 0.6) is 0 Å². The lowest BCUT2D eigenvalue weighted by Crippen LogP contribution is -2.62. The third-order valence-corrected chi connectivity index (χ3v) is 11.2. The second-order valence-electron chi connectivity index (χ2n) is 17.6. The first-order valence-electron chi connectivity index (χ1n) is 22.3. The molecule has 1 rings (SSSR count). The van der Waals surface area contributed by atoms with Crippen LogP contribution in [0.15, 0.2) is 0 Å². The average Bonchev–Trinajstić information content (AvgIpc) is 3.73. The van der Waals surface area contributed by atoms with Gasteiger partial charge in [0.1, 0.15) is 48.3 Å². The van der Waals surface area contributed by atoms with Gasteiger partial charge in [-0.15, -0.1) is 0 Å². The van der Waals surface area contributed by atoms with E-state index in [1.54, 1.807) is 55.4 Å². The molecule has 23 heteroatoms. The van der Waals surface area contributed by atoms with Gasteiger partial charge in [0, 0.05) is 6.54 Å². The van der Waals surface area contributed by atoms with E-state index in [0.717, 1.165) is 0 Å². The summed E-state index contributed by atoms with van der Waals surface area (Å²) in [6.07, 6.45) is 0.797. The first-order valence-corrected chi connectivity index (χ1v) is 22.3. The molecule has 0 saturated carbocycles.